The summed E-state index contributed by atoms with van der Waals surface area (Å²) in [6, 6.07) is 0.702. The third-order valence-corrected chi connectivity index (χ3v) is 3.54. The van der Waals surface area contributed by atoms with Gasteiger partial charge in [-0.2, -0.15) is 0 Å². The van der Waals surface area contributed by atoms with Gasteiger partial charge in [0.2, 0.25) is 0 Å². The molecule has 0 aromatic heterocycles. The van der Waals surface area contributed by atoms with Gasteiger partial charge in [0.1, 0.15) is 0 Å². The first-order valence-electron chi connectivity index (χ1n) is 5.90. The van der Waals surface area contributed by atoms with Gasteiger partial charge in [0.15, 0.2) is 0 Å². The van der Waals surface area contributed by atoms with Crippen molar-refractivity contribution in [2.75, 3.05) is 26.2 Å². The van der Waals surface area contributed by atoms with E-state index in [2.05, 4.69) is 36.2 Å². The normalized spacial score (nSPS) is 40.0. The molecule has 1 aliphatic carbocycles. The zero-order valence-corrected chi connectivity index (χ0v) is 9.37. The zero-order chi connectivity index (χ0) is 9.97. The molecular weight excluding hydrogens is 172 g/mol. The first-order valence-corrected chi connectivity index (χ1v) is 5.90. The van der Waals surface area contributed by atoms with Crippen LogP contribution in [0.4, 0.5) is 0 Å². The molecule has 0 radical (unpaired) electrons. The lowest BCUT2D eigenvalue weighted by Gasteiger charge is -2.39. The van der Waals surface area contributed by atoms with Gasteiger partial charge < -0.3 is 5.32 Å². The summed E-state index contributed by atoms with van der Waals surface area (Å²) in [6.45, 7) is 9.47. The summed E-state index contributed by atoms with van der Waals surface area (Å²) in [6.07, 6.45) is 6.18. The molecule has 2 heteroatoms. The lowest BCUT2D eigenvalue weighted by molar-refractivity contribution is 0.147. The summed E-state index contributed by atoms with van der Waals surface area (Å²) in [5.41, 5.74) is 0. The van der Waals surface area contributed by atoms with Crippen LogP contribution in [0.25, 0.3) is 0 Å². The molecule has 14 heavy (non-hydrogen) atoms. The summed E-state index contributed by atoms with van der Waals surface area (Å²) in [7, 11) is 0. The lowest BCUT2D eigenvalue weighted by Crippen LogP contribution is -2.50. The lowest BCUT2D eigenvalue weighted by atomic mass is 9.84. The maximum atomic E-state index is 3.41. The minimum Gasteiger partial charge on any atom is -0.314 e. The number of piperazine rings is 1. The molecule has 0 saturated carbocycles. The molecule has 0 aromatic carbocycles. The van der Waals surface area contributed by atoms with Crippen LogP contribution in [0, 0.1) is 11.8 Å². The molecular formula is C12H22N2. The standard InChI is InChI=1S/C12H22N2/c1-10-3-4-12(11(2)9-10)14-7-5-13-6-8-14/h3-4,10-13H,5-9H2,1-2H3. The Morgan fingerprint density at radius 1 is 1.14 bits per heavy atom. The number of hydrogen-bond donors (Lipinski definition) is 1. The molecule has 0 aromatic rings. The van der Waals surface area contributed by atoms with E-state index in [1.165, 1.54) is 19.5 Å². The summed E-state index contributed by atoms with van der Waals surface area (Å²) in [5.74, 6) is 1.61. The maximum Gasteiger partial charge on any atom is 0.0305 e. The molecule has 2 rings (SSSR count). The predicted octanol–water partition coefficient (Wildman–Crippen LogP) is 1.49. The van der Waals surface area contributed by atoms with Gasteiger partial charge in [-0.15, -0.1) is 0 Å². The van der Waals surface area contributed by atoms with Crippen molar-refractivity contribution in [1.82, 2.24) is 10.2 Å². The van der Waals surface area contributed by atoms with Crippen LogP contribution in [0.3, 0.4) is 0 Å². The van der Waals surface area contributed by atoms with Crippen LogP contribution in [-0.2, 0) is 0 Å². The minimum atomic E-state index is 0.702. The molecule has 3 atom stereocenters. The van der Waals surface area contributed by atoms with Crippen molar-refractivity contribution in [3.8, 4) is 0 Å². The van der Waals surface area contributed by atoms with Crippen LogP contribution in [0.1, 0.15) is 20.3 Å². The molecule has 2 aliphatic rings. The SMILES string of the molecule is CC1C=CC(N2CCNCC2)C(C)C1. The first-order chi connectivity index (χ1) is 6.77. The minimum absolute atomic E-state index is 0.702. The third kappa shape index (κ3) is 2.18. The second-order valence-corrected chi connectivity index (χ2v) is 4.85. The van der Waals surface area contributed by atoms with Crippen LogP contribution >= 0.6 is 0 Å². The number of hydrogen-bond acceptors (Lipinski definition) is 2. The largest absolute Gasteiger partial charge is 0.314 e. The van der Waals surface area contributed by atoms with E-state index in [-0.39, 0.29) is 0 Å². The third-order valence-electron chi connectivity index (χ3n) is 3.54. The number of nitrogens with zero attached hydrogens (tertiary/aromatic N) is 1. The Morgan fingerprint density at radius 2 is 1.86 bits per heavy atom. The Kier molecular flexibility index (Phi) is 3.24. The van der Waals surface area contributed by atoms with Crippen molar-refractivity contribution in [3.63, 3.8) is 0 Å². The fraction of sp³-hybridized carbons (Fsp3) is 0.833. The zero-order valence-electron chi connectivity index (χ0n) is 9.37. The van der Waals surface area contributed by atoms with Crippen molar-refractivity contribution in [1.29, 1.82) is 0 Å². The van der Waals surface area contributed by atoms with E-state index in [4.69, 9.17) is 0 Å². The van der Waals surface area contributed by atoms with Gasteiger partial charge in [-0.25, -0.2) is 0 Å². The van der Waals surface area contributed by atoms with Gasteiger partial charge in [-0.05, 0) is 18.3 Å². The van der Waals surface area contributed by atoms with Crippen molar-refractivity contribution in [2.24, 2.45) is 11.8 Å². The number of allylic oxidation sites excluding steroid dienone is 1. The highest BCUT2D eigenvalue weighted by Gasteiger charge is 2.26. The Labute approximate surface area is 87.4 Å². The van der Waals surface area contributed by atoms with Crippen LogP contribution in [0.15, 0.2) is 12.2 Å². The quantitative estimate of drug-likeness (QED) is 0.636. The fourth-order valence-corrected chi connectivity index (χ4v) is 2.76. The van der Waals surface area contributed by atoms with E-state index >= 15 is 0 Å². The summed E-state index contributed by atoms with van der Waals surface area (Å²) in [5, 5.41) is 3.41. The van der Waals surface area contributed by atoms with Crippen LogP contribution in [0.5, 0.6) is 0 Å². The molecule has 2 nitrogen and oxygen atoms in total. The predicted molar refractivity (Wildman–Crippen MR) is 60.3 cm³/mol. The van der Waals surface area contributed by atoms with Gasteiger partial charge in [-0.3, -0.25) is 4.90 Å². The highest BCUT2D eigenvalue weighted by atomic mass is 15.2. The molecule has 0 bridgehead atoms. The molecule has 1 aliphatic heterocycles. The second-order valence-electron chi connectivity index (χ2n) is 4.85. The van der Waals surface area contributed by atoms with E-state index in [1.54, 1.807) is 0 Å². The topological polar surface area (TPSA) is 15.3 Å². The highest BCUT2D eigenvalue weighted by molar-refractivity contribution is 5.04. The van der Waals surface area contributed by atoms with Crippen molar-refractivity contribution >= 4 is 0 Å². The van der Waals surface area contributed by atoms with Gasteiger partial charge in [0, 0.05) is 32.2 Å². The Morgan fingerprint density at radius 3 is 2.50 bits per heavy atom. The molecule has 3 unspecified atom stereocenters. The molecule has 1 saturated heterocycles. The van der Waals surface area contributed by atoms with Crippen molar-refractivity contribution in [2.45, 2.75) is 26.3 Å². The monoisotopic (exact) mass is 194 g/mol. The van der Waals surface area contributed by atoms with E-state index in [0.29, 0.717) is 6.04 Å². The molecule has 1 fully saturated rings. The number of rotatable bonds is 1. The highest BCUT2D eigenvalue weighted by Crippen LogP contribution is 2.26. The maximum absolute atomic E-state index is 3.41. The van der Waals surface area contributed by atoms with Gasteiger partial charge in [0.25, 0.3) is 0 Å². The summed E-state index contributed by atoms with van der Waals surface area (Å²) < 4.78 is 0. The molecule has 1 N–H and O–H groups in total. The molecule has 1 heterocycles. The first kappa shape index (κ1) is 10.2. The smallest absolute Gasteiger partial charge is 0.0305 e. The second kappa shape index (κ2) is 4.45. The Bertz CT molecular complexity index is 206. The number of nitrogens with one attached hydrogen (secondary N) is 1. The molecule has 0 spiro atoms. The Balaban J connectivity index is 1.98. The van der Waals surface area contributed by atoms with E-state index in [0.717, 1.165) is 24.9 Å². The molecule has 0 amide bonds. The van der Waals surface area contributed by atoms with E-state index < -0.39 is 0 Å². The van der Waals surface area contributed by atoms with Crippen molar-refractivity contribution < 1.29 is 0 Å². The van der Waals surface area contributed by atoms with Crippen LogP contribution in [0.2, 0.25) is 0 Å². The fourth-order valence-electron chi connectivity index (χ4n) is 2.76. The molecule has 80 valence electrons. The van der Waals surface area contributed by atoms with Gasteiger partial charge in [0.05, 0.1) is 0 Å². The van der Waals surface area contributed by atoms with Gasteiger partial charge in [-0.1, -0.05) is 26.0 Å². The summed E-state index contributed by atoms with van der Waals surface area (Å²) in [4.78, 5) is 2.63. The average molecular weight is 194 g/mol. The Hall–Kier alpha value is -0.340. The van der Waals surface area contributed by atoms with Crippen LogP contribution < -0.4 is 5.32 Å². The van der Waals surface area contributed by atoms with E-state index in [1.807, 2.05) is 0 Å². The van der Waals surface area contributed by atoms with Crippen LogP contribution in [-0.4, -0.2) is 37.1 Å². The average Bonchev–Trinajstić information content (AvgIpc) is 2.19. The summed E-state index contributed by atoms with van der Waals surface area (Å²) >= 11 is 0. The van der Waals surface area contributed by atoms with E-state index in [9.17, 15) is 0 Å². The van der Waals surface area contributed by atoms with Crippen molar-refractivity contribution in [3.05, 3.63) is 12.2 Å². The van der Waals surface area contributed by atoms with Gasteiger partial charge >= 0.3 is 0 Å².